The second-order valence-electron chi connectivity index (χ2n) is 5.14. The molecular formula is C15H13N7O. The summed E-state index contributed by atoms with van der Waals surface area (Å²) in [6.45, 7) is 0.393. The molecule has 0 spiro atoms. The highest BCUT2D eigenvalue weighted by atomic mass is 16.1. The van der Waals surface area contributed by atoms with Crippen LogP contribution in [0.1, 0.15) is 5.56 Å². The lowest BCUT2D eigenvalue weighted by molar-refractivity contribution is 0.646. The van der Waals surface area contributed by atoms with Gasteiger partial charge in [0.15, 0.2) is 11.3 Å². The molecule has 114 valence electrons. The molecule has 3 aromatic heterocycles. The minimum Gasteiger partial charge on any atom is -0.396 e. The Morgan fingerprint density at radius 2 is 2.00 bits per heavy atom. The number of rotatable bonds is 3. The number of imidazole rings is 1. The Morgan fingerprint density at radius 3 is 2.74 bits per heavy atom. The molecule has 0 aliphatic rings. The number of anilines is 1. The van der Waals surface area contributed by atoms with Crippen LogP contribution in [0.4, 0.5) is 5.69 Å². The summed E-state index contributed by atoms with van der Waals surface area (Å²) in [5.74, 6) is 0.464. The fraction of sp³-hybridized carbons (Fsp3) is 0.0667. The zero-order valence-electron chi connectivity index (χ0n) is 12.0. The van der Waals surface area contributed by atoms with Crippen molar-refractivity contribution in [1.82, 2.24) is 29.9 Å². The number of hydrogen-bond donors (Lipinski definition) is 3. The molecule has 8 heteroatoms. The highest BCUT2D eigenvalue weighted by Crippen LogP contribution is 2.21. The van der Waals surface area contributed by atoms with Crippen LogP contribution in [0.3, 0.4) is 0 Å². The summed E-state index contributed by atoms with van der Waals surface area (Å²) in [5.41, 5.74) is 8.44. The van der Waals surface area contributed by atoms with Crippen molar-refractivity contribution in [3.63, 3.8) is 0 Å². The minimum atomic E-state index is -0.257. The smallest absolute Gasteiger partial charge is 0.295 e. The van der Waals surface area contributed by atoms with Crippen LogP contribution >= 0.6 is 0 Å². The van der Waals surface area contributed by atoms with Crippen LogP contribution in [0.5, 0.6) is 0 Å². The molecule has 0 saturated heterocycles. The number of aromatic nitrogens is 6. The molecule has 0 aliphatic heterocycles. The molecule has 8 nitrogen and oxygen atoms in total. The average molecular weight is 307 g/mol. The Morgan fingerprint density at radius 1 is 1.17 bits per heavy atom. The van der Waals surface area contributed by atoms with Gasteiger partial charge in [-0.2, -0.15) is 10.2 Å². The van der Waals surface area contributed by atoms with E-state index in [0.29, 0.717) is 34.8 Å². The minimum absolute atomic E-state index is 0.257. The lowest BCUT2D eigenvalue weighted by atomic mass is 10.2. The fourth-order valence-electron chi connectivity index (χ4n) is 2.42. The summed E-state index contributed by atoms with van der Waals surface area (Å²) in [6, 6.07) is 9.66. The Bertz CT molecular complexity index is 1030. The van der Waals surface area contributed by atoms with Crippen molar-refractivity contribution in [2.75, 3.05) is 5.73 Å². The van der Waals surface area contributed by atoms with Crippen LogP contribution in [0.15, 0.2) is 47.5 Å². The normalized spacial score (nSPS) is 11.1. The van der Waals surface area contributed by atoms with Crippen molar-refractivity contribution >= 4 is 16.7 Å². The molecule has 4 N–H and O–H groups in total. The summed E-state index contributed by atoms with van der Waals surface area (Å²) in [4.78, 5) is 19.9. The first kappa shape index (κ1) is 13.3. The molecule has 0 unspecified atom stereocenters. The first-order chi connectivity index (χ1) is 11.2. The third-order valence-electron chi connectivity index (χ3n) is 3.58. The van der Waals surface area contributed by atoms with Gasteiger partial charge in [-0.05, 0) is 5.56 Å². The third-order valence-corrected chi connectivity index (χ3v) is 3.58. The zero-order chi connectivity index (χ0) is 15.8. The van der Waals surface area contributed by atoms with E-state index in [1.807, 2.05) is 30.3 Å². The number of aromatic amines is 2. The van der Waals surface area contributed by atoms with E-state index in [0.717, 1.165) is 5.56 Å². The maximum absolute atomic E-state index is 12.6. The van der Waals surface area contributed by atoms with Crippen LogP contribution < -0.4 is 11.3 Å². The van der Waals surface area contributed by atoms with E-state index in [4.69, 9.17) is 5.73 Å². The van der Waals surface area contributed by atoms with E-state index >= 15 is 0 Å². The van der Waals surface area contributed by atoms with Gasteiger partial charge >= 0.3 is 0 Å². The average Bonchev–Trinajstić information content (AvgIpc) is 3.17. The maximum atomic E-state index is 12.6. The van der Waals surface area contributed by atoms with E-state index in [1.165, 1.54) is 10.9 Å². The third kappa shape index (κ3) is 2.26. The maximum Gasteiger partial charge on any atom is 0.295 e. The summed E-state index contributed by atoms with van der Waals surface area (Å²) in [5, 5.41) is 10.8. The van der Waals surface area contributed by atoms with Gasteiger partial charge in [0.25, 0.3) is 5.56 Å². The number of nitrogen functional groups attached to an aromatic ring is 1. The van der Waals surface area contributed by atoms with Crippen molar-refractivity contribution < 1.29 is 0 Å². The summed E-state index contributed by atoms with van der Waals surface area (Å²) in [6.07, 6.45) is 3.08. The Hall–Kier alpha value is -3.42. The van der Waals surface area contributed by atoms with Gasteiger partial charge in [0.05, 0.1) is 30.1 Å². The number of nitrogens with zero attached hydrogens (tertiary/aromatic N) is 4. The van der Waals surface area contributed by atoms with Gasteiger partial charge in [-0.15, -0.1) is 0 Å². The molecular weight excluding hydrogens is 294 g/mol. The van der Waals surface area contributed by atoms with Gasteiger partial charge in [-0.3, -0.25) is 9.89 Å². The summed E-state index contributed by atoms with van der Waals surface area (Å²) >= 11 is 0. The first-order valence-corrected chi connectivity index (χ1v) is 7.01. The van der Waals surface area contributed by atoms with Crippen LogP contribution in [0, 0.1) is 0 Å². The van der Waals surface area contributed by atoms with Crippen LogP contribution in [-0.4, -0.2) is 29.9 Å². The van der Waals surface area contributed by atoms with Gasteiger partial charge in [-0.25, -0.2) is 9.67 Å². The summed E-state index contributed by atoms with van der Waals surface area (Å²) in [7, 11) is 0. The number of hydrogen-bond acceptors (Lipinski definition) is 5. The van der Waals surface area contributed by atoms with E-state index in [2.05, 4.69) is 25.3 Å². The zero-order valence-corrected chi connectivity index (χ0v) is 12.0. The number of nitrogens with two attached hydrogens (primary N) is 1. The molecule has 0 atom stereocenters. The Kier molecular flexibility index (Phi) is 2.94. The van der Waals surface area contributed by atoms with Crippen molar-refractivity contribution in [2.24, 2.45) is 0 Å². The quantitative estimate of drug-likeness (QED) is 0.524. The molecule has 0 radical (unpaired) electrons. The van der Waals surface area contributed by atoms with Crippen LogP contribution in [-0.2, 0) is 6.54 Å². The predicted molar refractivity (Wildman–Crippen MR) is 85.7 cm³/mol. The van der Waals surface area contributed by atoms with Gasteiger partial charge in [-0.1, -0.05) is 30.3 Å². The Labute approximate surface area is 130 Å². The monoisotopic (exact) mass is 307 g/mol. The predicted octanol–water partition coefficient (Wildman–Crippen LogP) is 1.14. The van der Waals surface area contributed by atoms with Crippen molar-refractivity contribution in [2.45, 2.75) is 6.54 Å². The van der Waals surface area contributed by atoms with E-state index in [9.17, 15) is 4.79 Å². The topological polar surface area (TPSA) is 118 Å². The Balaban J connectivity index is 1.79. The van der Waals surface area contributed by atoms with Gasteiger partial charge < -0.3 is 10.7 Å². The van der Waals surface area contributed by atoms with E-state index in [-0.39, 0.29) is 5.56 Å². The molecule has 4 rings (SSSR count). The van der Waals surface area contributed by atoms with E-state index < -0.39 is 0 Å². The summed E-state index contributed by atoms with van der Waals surface area (Å²) < 4.78 is 1.39. The van der Waals surface area contributed by atoms with Gasteiger partial charge in [0, 0.05) is 0 Å². The highest BCUT2D eigenvalue weighted by molar-refractivity contribution is 5.79. The molecule has 0 saturated carbocycles. The molecule has 4 aromatic rings. The molecule has 0 bridgehead atoms. The van der Waals surface area contributed by atoms with Crippen LogP contribution in [0.25, 0.3) is 22.6 Å². The standard InChI is InChI=1S/C15H13N7O/c16-10-6-17-21-12(10)14-19-11-7-18-22(15(23)13(11)20-14)8-9-4-2-1-3-5-9/h1-7H,8,16H2,(H,17,21)(H,19,20). The number of benzene rings is 1. The highest BCUT2D eigenvalue weighted by Gasteiger charge is 2.14. The number of nitrogens with one attached hydrogen (secondary N) is 2. The lowest BCUT2D eigenvalue weighted by Gasteiger charge is -2.03. The number of fused-ring (bicyclic) bond motifs is 1. The molecule has 3 heterocycles. The lowest BCUT2D eigenvalue weighted by Crippen LogP contribution is -2.23. The van der Waals surface area contributed by atoms with Crippen molar-refractivity contribution in [3.8, 4) is 11.5 Å². The fourth-order valence-corrected chi connectivity index (χ4v) is 2.42. The molecule has 0 fully saturated rings. The van der Waals surface area contributed by atoms with Crippen molar-refractivity contribution in [1.29, 1.82) is 0 Å². The number of H-pyrrole nitrogens is 2. The largest absolute Gasteiger partial charge is 0.396 e. The molecule has 0 amide bonds. The first-order valence-electron chi connectivity index (χ1n) is 7.01. The van der Waals surface area contributed by atoms with E-state index in [1.54, 1.807) is 6.20 Å². The molecule has 0 aliphatic carbocycles. The second-order valence-corrected chi connectivity index (χ2v) is 5.14. The van der Waals surface area contributed by atoms with Gasteiger partial charge in [0.1, 0.15) is 5.69 Å². The SMILES string of the molecule is Nc1cn[nH]c1-c1nc2c(=O)n(Cc3ccccc3)ncc2[nH]1. The van der Waals surface area contributed by atoms with Crippen molar-refractivity contribution in [3.05, 3.63) is 58.6 Å². The molecule has 1 aromatic carbocycles. The second kappa shape index (κ2) is 5.09. The van der Waals surface area contributed by atoms with Crippen LogP contribution in [0.2, 0.25) is 0 Å². The molecule has 23 heavy (non-hydrogen) atoms. The van der Waals surface area contributed by atoms with Gasteiger partial charge in [0.2, 0.25) is 0 Å².